The third-order valence-electron chi connectivity index (χ3n) is 1.38. The molecule has 5 heteroatoms. The van der Waals surface area contributed by atoms with E-state index in [1.807, 2.05) is 20.8 Å². The molecule has 0 saturated carbocycles. The average Bonchev–Trinajstić information content (AvgIpc) is 1.92. The van der Waals surface area contributed by atoms with Gasteiger partial charge < -0.3 is 9.48 Å². The average molecular weight is 372 g/mol. The number of nitrogens with zero attached hydrogens (tertiary/aromatic N) is 2. The first-order chi connectivity index (χ1) is 5.43. The fraction of sp³-hybridized carbons (Fsp3) is 0.500. The molecule has 13 heavy (non-hydrogen) atoms. The molecule has 0 amide bonds. The molecule has 0 N–H and O–H groups in total. The number of aromatic nitrogens is 2. The summed E-state index contributed by atoms with van der Waals surface area (Å²) in [7, 11) is 0. The Hall–Kier alpha value is -0.168. The number of rotatable bonds is 0. The Bertz CT molecular complexity index is 343. The monoisotopic (exact) mass is 372 g/mol. The first-order valence-corrected chi connectivity index (χ1v) is 3.97. The molecule has 0 spiro atoms. The van der Waals surface area contributed by atoms with Crippen LogP contribution >= 0.6 is 11.6 Å². The van der Waals surface area contributed by atoms with Gasteiger partial charge in [0.05, 0.1) is 0 Å². The van der Waals surface area contributed by atoms with Crippen molar-refractivity contribution < 1.29 is 20.4 Å². The van der Waals surface area contributed by atoms with Crippen LogP contribution in [0.2, 0.25) is 5.02 Å². The second kappa shape index (κ2) is 4.37. The van der Waals surface area contributed by atoms with E-state index >= 15 is 0 Å². The molecule has 0 atom stereocenters. The zero-order valence-electron chi connectivity index (χ0n) is 7.64. The van der Waals surface area contributed by atoms with Crippen molar-refractivity contribution in [3.8, 4) is 0 Å². The van der Waals surface area contributed by atoms with Gasteiger partial charge in [-0.05, 0) is 27.0 Å². The van der Waals surface area contributed by atoms with Gasteiger partial charge >= 0.3 is 0 Å². The molecular formula is C8H10ClN2ORe-. The topological polar surface area (TPSA) is 34.9 Å². The Morgan fingerprint density at radius 3 is 2.46 bits per heavy atom. The molecule has 3 nitrogen and oxygen atoms in total. The maximum absolute atomic E-state index is 11.4. The zero-order chi connectivity index (χ0) is 9.35. The van der Waals surface area contributed by atoms with Gasteiger partial charge in [-0.3, -0.25) is 0 Å². The molecule has 73 valence electrons. The minimum Gasteiger partial charge on any atom is -0.380 e. The summed E-state index contributed by atoms with van der Waals surface area (Å²) in [6.45, 7) is 5.66. The second-order valence-electron chi connectivity index (χ2n) is 3.49. The van der Waals surface area contributed by atoms with Gasteiger partial charge in [0.15, 0.2) is 0 Å². The van der Waals surface area contributed by atoms with Gasteiger partial charge in [0, 0.05) is 26.0 Å². The van der Waals surface area contributed by atoms with Crippen LogP contribution < -0.4 is 5.56 Å². The summed E-state index contributed by atoms with van der Waals surface area (Å²) in [5.74, 6) is 0. The molecule has 1 aromatic rings. The van der Waals surface area contributed by atoms with Crippen molar-refractivity contribution in [3.05, 3.63) is 27.6 Å². The quantitative estimate of drug-likeness (QED) is 0.647. The standard InChI is InChI=1S/C8H10ClN2O.Re/c1-8(2,3)11-7(12)6(9)4-5-10-11;/h5H,1-3H3;/q-1;. The molecule has 1 radical (unpaired) electrons. The van der Waals surface area contributed by atoms with Crippen LogP contribution in [0, 0.1) is 6.07 Å². The number of hydrogen-bond donors (Lipinski definition) is 0. The van der Waals surface area contributed by atoms with Gasteiger partial charge in [0.25, 0.3) is 0 Å². The summed E-state index contributed by atoms with van der Waals surface area (Å²) in [6.07, 6.45) is 1.40. The SMILES string of the molecule is CC(C)(C)n1nc[c-]c(Cl)c1=O.[Re]. The smallest absolute Gasteiger partial charge is 0.126 e. The summed E-state index contributed by atoms with van der Waals surface area (Å²) >= 11 is 5.59. The van der Waals surface area contributed by atoms with E-state index in [9.17, 15) is 4.79 Å². The molecule has 1 heterocycles. The minimum atomic E-state index is -0.337. The Morgan fingerprint density at radius 2 is 2.08 bits per heavy atom. The molecule has 1 rings (SSSR count). The molecule has 0 aliphatic carbocycles. The maximum atomic E-state index is 11.4. The summed E-state index contributed by atoms with van der Waals surface area (Å²) in [5, 5.41) is 3.96. The van der Waals surface area contributed by atoms with Crippen LogP contribution in [0.4, 0.5) is 0 Å². The van der Waals surface area contributed by atoms with E-state index in [1.165, 1.54) is 10.9 Å². The van der Waals surface area contributed by atoms with Crippen LogP contribution in [0.1, 0.15) is 20.8 Å². The van der Waals surface area contributed by atoms with Crippen LogP contribution in [0.3, 0.4) is 0 Å². The van der Waals surface area contributed by atoms with E-state index in [0.717, 1.165) is 0 Å². The van der Waals surface area contributed by atoms with E-state index in [2.05, 4.69) is 11.2 Å². The molecule has 0 unspecified atom stereocenters. The van der Waals surface area contributed by atoms with E-state index < -0.39 is 0 Å². The van der Waals surface area contributed by atoms with Crippen LogP contribution in [0.5, 0.6) is 0 Å². The van der Waals surface area contributed by atoms with E-state index in [0.29, 0.717) is 0 Å². The second-order valence-corrected chi connectivity index (χ2v) is 3.87. The van der Waals surface area contributed by atoms with Crippen LogP contribution in [0.25, 0.3) is 0 Å². The number of halogens is 1. The van der Waals surface area contributed by atoms with Crippen LogP contribution in [-0.2, 0) is 26.0 Å². The Morgan fingerprint density at radius 1 is 1.54 bits per heavy atom. The van der Waals surface area contributed by atoms with Gasteiger partial charge in [-0.2, -0.15) is 0 Å². The van der Waals surface area contributed by atoms with E-state index in [1.54, 1.807) is 0 Å². The van der Waals surface area contributed by atoms with Gasteiger partial charge in [0.2, 0.25) is 0 Å². The van der Waals surface area contributed by atoms with Crippen molar-refractivity contribution in [2.75, 3.05) is 0 Å². The zero-order valence-corrected chi connectivity index (χ0v) is 11.1. The molecule has 0 aliphatic rings. The summed E-state index contributed by atoms with van der Waals surface area (Å²) in [6, 6.07) is 2.53. The van der Waals surface area contributed by atoms with Crippen molar-refractivity contribution in [2.45, 2.75) is 26.3 Å². The van der Waals surface area contributed by atoms with E-state index in [-0.39, 0.29) is 36.5 Å². The predicted molar refractivity (Wildman–Crippen MR) is 47.3 cm³/mol. The fourth-order valence-electron chi connectivity index (χ4n) is 0.828. The Labute approximate surface area is 95.8 Å². The Kier molecular flexibility index (Phi) is 4.31. The summed E-state index contributed by atoms with van der Waals surface area (Å²) < 4.78 is 1.34. The third-order valence-corrected chi connectivity index (χ3v) is 1.65. The fourth-order valence-corrected chi connectivity index (χ4v) is 0.957. The van der Waals surface area contributed by atoms with Gasteiger partial charge in [-0.25, -0.2) is 11.2 Å². The molecule has 0 saturated heterocycles. The van der Waals surface area contributed by atoms with Crippen LogP contribution in [0.15, 0.2) is 11.0 Å². The van der Waals surface area contributed by atoms with Crippen molar-refractivity contribution in [1.29, 1.82) is 0 Å². The first kappa shape index (κ1) is 12.8. The van der Waals surface area contributed by atoms with E-state index in [4.69, 9.17) is 11.6 Å². The minimum absolute atomic E-state index is 0. The van der Waals surface area contributed by atoms with Crippen molar-refractivity contribution in [2.24, 2.45) is 0 Å². The molecule has 0 bridgehead atoms. The molecule has 1 aromatic heterocycles. The number of hydrogen-bond acceptors (Lipinski definition) is 2. The molecule has 0 fully saturated rings. The van der Waals surface area contributed by atoms with Gasteiger partial charge in [0.1, 0.15) is 5.56 Å². The molecule has 0 aromatic carbocycles. The van der Waals surface area contributed by atoms with Crippen molar-refractivity contribution >= 4 is 11.6 Å². The summed E-state index contributed by atoms with van der Waals surface area (Å²) in [5.41, 5.74) is -0.637. The Balaban J connectivity index is 0.00000144. The van der Waals surface area contributed by atoms with Crippen molar-refractivity contribution in [3.63, 3.8) is 0 Å². The van der Waals surface area contributed by atoms with Crippen LogP contribution in [-0.4, -0.2) is 9.78 Å². The van der Waals surface area contributed by atoms with Gasteiger partial charge in [-0.15, -0.1) is 11.6 Å². The largest absolute Gasteiger partial charge is 0.380 e. The third kappa shape index (κ3) is 2.91. The normalized spacial score (nSPS) is 10.8. The predicted octanol–water partition coefficient (Wildman–Crippen LogP) is 1.45. The first-order valence-electron chi connectivity index (χ1n) is 3.59. The molecular weight excluding hydrogens is 362 g/mol. The van der Waals surface area contributed by atoms with Gasteiger partial charge in [-0.1, -0.05) is 5.02 Å². The van der Waals surface area contributed by atoms with Crippen molar-refractivity contribution in [1.82, 2.24) is 9.78 Å². The molecule has 0 aliphatic heterocycles. The summed E-state index contributed by atoms with van der Waals surface area (Å²) in [4.78, 5) is 11.4. The maximum Gasteiger partial charge on any atom is 0.126 e.